The topological polar surface area (TPSA) is 45.9 Å². The zero-order chi connectivity index (χ0) is 13.0. The number of nitrogens with zero attached hydrogens (tertiary/aromatic N) is 2. The molecule has 18 heavy (non-hydrogen) atoms. The number of nitriles is 1. The lowest BCUT2D eigenvalue weighted by Crippen LogP contribution is -1.95. The first kappa shape index (κ1) is 12.1. The molecular weight excluding hydrogens is 231 g/mol. The van der Waals surface area contributed by atoms with Crippen LogP contribution in [0.15, 0.2) is 36.5 Å². The molecule has 4 heteroatoms. The highest BCUT2D eigenvalue weighted by Gasteiger charge is 2.07. The van der Waals surface area contributed by atoms with E-state index in [-0.39, 0.29) is 12.2 Å². The van der Waals surface area contributed by atoms with Gasteiger partial charge in [0, 0.05) is 17.3 Å². The van der Waals surface area contributed by atoms with Gasteiger partial charge in [-0.15, -0.1) is 0 Å². The van der Waals surface area contributed by atoms with Gasteiger partial charge in [0.2, 0.25) is 5.88 Å². The molecule has 0 atom stereocenters. The standard InChI is InChI=1S/C14H11FN2O/c1-18-14-11(5-6-16)7-12(9-17-14)10-3-2-4-13(15)8-10/h2-4,7-9H,5H2,1H3. The summed E-state index contributed by atoms with van der Waals surface area (Å²) in [6, 6.07) is 10.1. The third-order valence-corrected chi connectivity index (χ3v) is 2.55. The predicted octanol–water partition coefficient (Wildman–Crippen LogP) is 2.96. The van der Waals surface area contributed by atoms with Crippen LogP contribution in [0.1, 0.15) is 5.56 Å². The fourth-order valence-corrected chi connectivity index (χ4v) is 1.72. The molecule has 0 saturated heterocycles. The van der Waals surface area contributed by atoms with Gasteiger partial charge in [-0.25, -0.2) is 9.37 Å². The molecule has 0 unspecified atom stereocenters. The summed E-state index contributed by atoms with van der Waals surface area (Å²) in [5.74, 6) is 0.127. The molecule has 0 spiro atoms. The Bertz CT molecular complexity index is 605. The summed E-state index contributed by atoms with van der Waals surface area (Å²) in [6.45, 7) is 0. The maximum Gasteiger partial charge on any atom is 0.217 e. The van der Waals surface area contributed by atoms with Crippen molar-refractivity contribution in [2.75, 3.05) is 7.11 Å². The third-order valence-electron chi connectivity index (χ3n) is 2.55. The molecule has 0 amide bonds. The van der Waals surface area contributed by atoms with Gasteiger partial charge in [0.1, 0.15) is 5.82 Å². The number of methoxy groups -OCH3 is 1. The molecule has 90 valence electrons. The van der Waals surface area contributed by atoms with E-state index in [1.165, 1.54) is 19.2 Å². The number of hydrogen-bond donors (Lipinski definition) is 0. The summed E-state index contributed by atoms with van der Waals surface area (Å²) < 4.78 is 18.2. The largest absolute Gasteiger partial charge is 0.481 e. The number of ether oxygens (including phenoxy) is 1. The van der Waals surface area contributed by atoms with E-state index in [2.05, 4.69) is 11.1 Å². The Morgan fingerprint density at radius 3 is 2.83 bits per heavy atom. The van der Waals surface area contributed by atoms with Gasteiger partial charge in [-0.3, -0.25) is 0 Å². The SMILES string of the molecule is COc1ncc(-c2cccc(F)c2)cc1CC#N. The van der Waals surface area contributed by atoms with E-state index in [9.17, 15) is 4.39 Å². The predicted molar refractivity (Wildman–Crippen MR) is 65.5 cm³/mol. The van der Waals surface area contributed by atoms with Crippen molar-refractivity contribution in [2.45, 2.75) is 6.42 Å². The van der Waals surface area contributed by atoms with E-state index < -0.39 is 0 Å². The summed E-state index contributed by atoms with van der Waals surface area (Å²) in [4.78, 5) is 4.13. The van der Waals surface area contributed by atoms with E-state index in [0.717, 1.165) is 11.1 Å². The van der Waals surface area contributed by atoms with Crippen molar-refractivity contribution in [3.8, 4) is 23.1 Å². The second-order valence-corrected chi connectivity index (χ2v) is 3.74. The van der Waals surface area contributed by atoms with E-state index in [0.29, 0.717) is 11.4 Å². The van der Waals surface area contributed by atoms with Crippen LogP contribution < -0.4 is 4.74 Å². The number of aromatic nitrogens is 1. The Kier molecular flexibility index (Phi) is 3.54. The van der Waals surface area contributed by atoms with Crippen LogP contribution in [0.3, 0.4) is 0 Å². The molecule has 2 rings (SSSR count). The first-order chi connectivity index (χ1) is 8.74. The highest BCUT2D eigenvalue weighted by molar-refractivity contribution is 5.64. The average Bonchev–Trinajstić information content (AvgIpc) is 2.39. The Morgan fingerprint density at radius 1 is 1.33 bits per heavy atom. The number of pyridine rings is 1. The lowest BCUT2D eigenvalue weighted by molar-refractivity contribution is 0.394. The first-order valence-electron chi connectivity index (χ1n) is 5.40. The minimum Gasteiger partial charge on any atom is -0.481 e. The molecule has 3 nitrogen and oxygen atoms in total. The molecule has 0 radical (unpaired) electrons. The lowest BCUT2D eigenvalue weighted by Gasteiger charge is -2.07. The molecule has 0 saturated carbocycles. The van der Waals surface area contributed by atoms with Crippen LogP contribution in [0.5, 0.6) is 5.88 Å². The molecule has 1 aromatic carbocycles. The van der Waals surface area contributed by atoms with Crippen LogP contribution in [0.25, 0.3) is 11.1 Å². The minimum absolute atomic E-state index is 0.208. The fraction of sp³-hybridized carbons (Fsp3) is 0.143. The van der Waals surface area contributed by atoms with Crippen molar-refractivity contribution < 1.29 is 9.13 Å². The maximum atomic E-state index is 13.1. The van der Waals surface area contributed by atoms with E-state index >= 15 is 0 Å². The van der Waals surface area contributed by atoms with Crippen LogP contribution in [0.4, 0.5) is 4.39 Å². The first-order valence-corrected chi connectivity index (χ1v) is 5.40. The minimum atomic E-state index is -0.301. The molecule has 0 aliphatic rings. The summed E-state index contributed by atoms with van der Waals surface area (Å²) in [7, 11) is 1.51. The van der Waals surface area contributed by atoms with Crippen molar-refractivity contribution in [1.29, 1.82) is 5.26 Å². The number of benzene rings is 1. The summed E-state index contributed by atoms with van der Waals surface area (Å²) >= 11 is 0. The van der Waals surface area contributed by atoms with Crippen LogP contribution in [0, 0.1) is 17.1 Å². The van der Waals surface area contributed by atoms with E-state index in [1.54, 1.807) is 24.4 Å². The number of hydrogen-bond acceptors (Lipinski definition) is 3. The van der Waals surface area contributed by atoms with Gasteiger partial charge >= 0.3 is 0 Å². The van der Waals surface area contributed by atoms with Crippen LogP contribution in [0.2, 0.25) is 0 Å². The highest BCUT2D eigenvalue weighted by atomic mass is 19.1. The zero-order valence-corrected chi connectivity index (χ0v) is 9.85. The molecule has 0 aliphatic carbocycles. The Labute approximate surface area is 104 Å². The Balaban J connectivity index is 2.47. The fourth-order valence-electron chi connectivity index (χ4n) is 1.72. The summed E-state index contributed by atoms with van der Waals surface area (Å²) in [6.07, 6.45) is 1.81. The Hall–Kier alpha value is -2.41. The van der Waals surface area contributed by atoms with Gasteiger partial charge in [0.15, 0.2) is 0 Å². The molecule has 0 N–H and O–H groups in total. The maximum absolute atomic E-state index is 13.1. The molecule has 0 aliphatic heterocycles. The van der Waals surface area contributed by atoms with Crippen molar-refractivity contribution in [3.63, 3.8) is 0 Å². The highest BCUT2D eigenvalue weighted by Crippen LogP contribution is 2.24. The van der Waals surface area contributed by atoms with Gasteiger partial charge in [0.05, 0.1) is 19.6 Å². The third kappa shape index (κ3) is 2.46. The average molecular weight is 242 g/mol. The van der Waals surface area contributed by atoms with Gasteiger partial charge in [-0.1, -0.05) is 12.1 Å². The second kappa shape index (κ2) is 5.28. The molecule has 2 aromatic rings. The van der Waals surface area contributed by atoms with Crippen molar-refractivity contribution in [3.05, 3.63) is 47.9 Å². The van der Waals surface area contributed by atoms with E-state index in [4.69, 9.17) is 10.00 Å². The van der Waals surface area contributed by atoms with Gasteiger partial charge < -0.3 is 4.74 Å². The Morgan fingerprint density at radius 2 is 2.17 bits per heavy atom. The van der Waals surface area contributed by atoms with Crippen LogP contribution in [-0.4, -0.2) is 12.1 Å². The van der Waals surface area contributed by atoms with E-state index in [1.807, 2.05) is 0 Å². The van der Waals surface area contributed by atoms with Gasteiger partial charge in [0.25, 0.3) is 0 Å². The molecule has 1 aromatic heterocycles. The van der Waals surface area contributed by atoms with Gasteiger partial charge in [-0.05, 0) is 23.8 Å². The molecule has 0 bridgehead atoms. The zero-order valence-electron chi connectivity index (χ0n) is 9.85. The quantitative estimate of drug-likeness (QED) is 0.831. The number of halogens is 1. The lowest BCUT2D eigenvalue weighted by atomic mass is 10.0. The van der Waals surface area contributed by atoms with Gasteiger partial charge in [-0.2, -0.15) is 5.26 Å². The smallest absolute Gasteiger partial charge is 0.217 e. The van der Waals surface area contributed by atoms with Crippen molar-refractivity contribution in [1.82, 2.24) is 4.98 Å². The monoisotopic (exact) mass is 242 g/mol. The molecular formula is C14H11FN2O. The summed E-state index contributed by atoms with van der Waals surface area (Å²) in [5, 5.41) is 8.75. The van der Waals surface area contributed by atoms with Crippen molar-refractivity contribution in [2.24, 2.45) is 0 Å². The molecule has 0 fully saturated rings. The van der Waals surface area contributed by atoms with Crippen molar-refractivity contribution >= 4 is 0 Å². The van der Waals surface area contributed by atoms with Crippen LogP contribution in [-0.2, 0) is 6.42 Å². The van der Waals surface area contributed by atoms with Crippen LogP contribution >= 0.6 is 0 Å². The summed E-state index contributed by atoms with van der Waals surface area (Å²) in [5.41, 5.74) is 2.19. The second-order valence-electron chi connectivity index (χ2n) is 3.74. The molecule has 1 heterocycles. The number of rotatable bonds is 3. The normalized spacial score (nSPS) is 9.83.